The molecule has 2 N–H and O–H groups in total. The fourth-order valence-corrected chi connectivity index (χ4v) is 2.43. The maximum atomic E-state index is 13.9. The first-order chi connectivity index (χ1) is 12.5. The summed E-state index contributed by atoms with van der Waals surface area (Å²) in [6, 6.07) is 3.14. The van der Waals surface area contributed by atoms with Crippen LogP contribution in [-0.4, -0.2) is 30.8 Å². The fraction of sp³-hybridized carbons (Fsp3) is 0.188. The molecule has 2 heterocycles. The third kappa shape index (κ3) is 3.77. The van der Waals surface area contributed by atoms with Crippen LogP contribution in [0, 0.1) is 12.7 Å². The molecule has 0 bridgehead atoms. The Morgan fingerprint density at radius 1 is 1.27 bits per heavy atom. The highest BCUT2D eigenvalue weighted by Gasteiger charge is 2.18. The van der Waals surface area contributed by atoms with Crippen molar-refractivity contribution in [3.63, 3.8) is 0 Å². The number of halogens is 2. The van der Waals surface area contributed by atoms with Crippen molar-refractivity contribution in [1.82, 2.24) is 30.0 Å². The lowest BCUT2D eigenvalue weighted by atomic mass is 10.2. The van der Waals surface area contributed by atoms with E-state index < -0.39 is 17.9 Å². The van der Waals surface area contributed by atoms with E-state index in [1.807, 2.05) is 0 Å². The number of nitrogens with one attached hydrogen (secondary N) is 2. The van der Waals surface area contributed by atoms with E-state index in [1.54, 1.807) is 32.3 Å². The Labute approximate surface area is 153 Å². The first-order valence-corrected chi connectivity index (χ1v) is 8.04. The Bertz CT molecular complexity index is 932. The molecule has 0 aliphatic heterocycles. The standard InChI is InChI=1S/C16H15ClFN7O/c1-9-6-12(18)13(7-11(9)17)24-16(26)23-10(2)14-21-8-22-25(14)15-19-4-3-5-20-15/h3-8,10H,1-2H3,(H2,23,24,26)/t10-/m0/s1. The topological polar surface area (TPSA) is 97.6 Å². The van der Waals surface area contributed by atoms with Crippen LogP contribution in [0.2, 0.25) is 5.02 Å². The second-order valence-corrected chi connectivity index (χ2v) is 5.89. The van der Waals surface area contributed by atoms with Gasteiger partial charge >= 0.3 is 6.03 Å². The van der Waals surface area contributed by atoms with Crippen molar-refractivity contribution in [2.24, 2.45) is 0 Å². The number of rotatable bonds is 4. The molecule has 3 aromatic rings. The highest BCUT2D eigenvalue weighted by Crippen LogP contribution is 2.24. The van der Waals surface area contributed by atoms with Crippen molar-refractivity contribution in [3.8, 4) is 5.95 Å². The lowest BCUT2D eigenvalue weighted by Gasteiger charge is -2.15. The number of nitrogens with zero attached hydrogens (tertiary/aromatic N) is 5. The van der Waals surface area contributed by atoms with Crippen molar-refractivity contribution in [1.29, 1.82) is 0 Å². The molecule has 0 unspecified atom stereocenters. The fourth-order valence-electron chi connectivity index (χ4n) is 2.26. The van der Waals surface area contributed by atoms with E-state index in [4.69, 9.17) is 11.6 Å². The van der Waals surface area contributed by atoms with Crippen LogP contribution in [0.4, 0.5) is 14.9 Å². The number of hydrogen-bond donors (Lipinski definition) is 2. The van der Waals surface area contributed by atoms with Gasteiger partial charge in [0.15, 0.2) is 5.82 Å². The zero-order chi connectivity index (χ0) is 18.7. The zero-order valence-electron chi connectivity index (χ0n) is 13.9. The predicted octanol–water partition coefficient (Wildman–Crippen LogP) is 3.04. The molecule has 0 fully saturated rings. The average Bonchev–Trinajstić information content (AvgIpc) is 3.10. The minimum absolute atomic E-state index is 0.0156. The monoisotopic (exact) mass is 375 g/mol. The molecule has 1 atom stereocenters. The van der Waals surface area contributed by atoms with Crippen LogP contribution in [0.3, 0.4) is 0 Å². The normalized spacial score (nSPS) is 11.8. The number of benzene rings is 1. The molecule has 0 spiro atoms. The van der Waals surface area contributed by atoms with Gasteiger partial charge in [0, 0.05) is 17.4 Å². The maximum absolute atomic E-state index is 13.9. The minimum atomic E-state index is -0.611. The van der Waals surface area contributed by atoms with Gasteiger partial charge in [0.25, 0.3) is 5.95 Å². The van der Waals surface area contributed by atoms with Crippen molar-refractivity contribution < 1.29 is 9.18 Å². The van der Waals surface area contributed by atoms with Gasteiger partial charge in [0.2, 0.25) is 0 Å². The molecule has 10 heteroatoms. The van der Waals surface area contributed by atoms with Crippen LogP contribution < -0.4 is 10.6 Å². The van der Waals surface area contributed by atoms with Gasteiger partial charge in [-0.25, -0.2) is 24.1 Å². The summed E-state index contributed by atoms with van der Waals surface area (Å²) in [5, 5.41) is 9.52. The summed E-state index contributed by atoms with van der Waals surface area (Å²) in [7, 11) is 0. The Morgan fingerprint density at radius 2 is 2.00 bits per heavy atom. The number of anilines is 1. The molecular formula is C16H15ClFN7O. The van der Waals surface area contributed by atoms with Gasteiger partial charge < -0.3 is 10.6 Å². The molecule has 8 nitrogen and oxygen atoms in total. The van der Waals surface area contributed by atoms with Crippen molar-refractivity contribution in [2.45, 2.75) is 19.9 Å². The summed E-state index contributed by atoms with van der Waals surface area (Å²) in [4.78, 5) is 24.5. The van der Waals surface area contributed by atoms with Gasteiger partial charge in [-0.15, -0.1) is 0 Å². The molecule has 1 aromatic carbocycles. The molecule has 26 heavy (non-hydrogen) atoms. The Morgan fingerprint density at radius 3 is 2.73 bits per heavy atom. The molecular weight excluding hydrogens is 361 g/mol. The summed E-state index contributed by atoms with van der Waals surface area (Å²) in [5.41, 5.74) is 0.567. The molecule has 134 valence electrons. The molecule has 3 rings (SSSR count). The summed E-state index contributed by atoms with van der Waals surface area (Å²) >= 11 is 5.97. The number of aryl methyl sites for hydroxylation is 1. The summed E-state index contributed by atoms with van der Waals surface area (Å²) in [6.45, 7) is 3.39. The number of amides is 2. The average molecular weight is 376 g/mol. The van der Waals surface area contributed by atoms with Crippen molar-refractivity contribution >= 4 is 23.3 Å². The van der Waals surface area contributed by atoms with E-state index in [0.717, 1.165) is 0 Å². The van der Waals surface area contributed by atoms with E-state index in [0.29, 0.717) is 22.4 Å². The Balaban J connectivity index is 1.73. The number of hydrogen-bond acceptors (Lipinski definition) is 5. The number of carbonyl (C=O) groups is 1. The molecule has 0 aliphatic rings. The third-order valence-corrected chi connectivity index (χ3v) is 3.95. The van der Waals surface area contributed by atoms with Gasteiger partial charge in [-0.2, -0.15) is 9.78 Å². The zero-order valence-corrected chi connectivity index (χ0v) is 14.7. The van der Waals surface area contributed by atoms with E-state index in [-0.39, 0.29) is 5.69 Å². The van der Waals surface area contributed by atoms with Crippen molar-refractivity contribution in [3.05, 3.63) is 59.1 Å². The van der Waals surface area contributed by atoms with E-state index >= 15 is 0 Å². The first-order valence-electron chi connectivity index (χ1n) is 7.66. The lowest BCUT2D eigenvalue weighted by Crippen LogP contribution is -2.33. The van der Waals surface area contributed by atoms with Crippen molar-refractivity contribution in [2.75, 3.05) is 5.32 Å². The van der Waals surface area contributed by atoms with E-state index in [1.165, 1.54) is 23.1 Å². The van der Waals surface area contributed by atoms with Crippen LogP contribution >= 0.6 is 11.6 Å². The molecule has 2 aromatic heterocycles. The molecule has 0 radical (unpaired) electrons. The Hall–Kier alpha value is -3.07. The first kappa shape index (κ1) is 17.7. The van der Waals surface area contributed by atoms with Crippen LogP contribution in [0.1, 0.15) is 24.4 Å². The highest BCUT2D eigenvalue weighted by molar-refractivity contribution is 6.31. The number of aromatic nitrogens is 5. The predicted molar refractivity (Wildman–Crippen MR) is 93.7 cm³/mol. The molecule has 0 aliphatic carbocycles. The molecule has 0 saturated carbocycles. The van der Waals surface area contributed by atoms with Crippen LogP contribution in [-0.2, 0) is 0 Å². The second-order valence-electron chi connectivity index (χ2n) is 5.48. The largest absolute Gasteiger partial charge is 0.328 e. The quantitative estimate of drug-likeness (QED) is 0.730. The minimum Gasteiger partial charge on any atom is -0.328 e. The van der Waals surface area contributed by atoms with Gasteiger partial charge in [0.05, 0.1) is 11.7 Å². The van der Waals surface area contributed by atoms with Gasteiger partial charge in [-0.1, -0.05) is 11.6 Å². The summed E-state index contributed by atoms with van der Waals surface area (Å²) in [5.74, 6) is 0.176. The van der Waals surface area contributed by atoms with E-state index in [9.17, 15) is 9.18 Å². The van der Waals surface area contributed by atoms with E-state index in [2.05, 4.69) is 30.7 Å². The smallest absolute Gasteiger partial charge is 0.319 e. The second kappa shape index (κ2) is 7.44. The van der Waals surface area contributed by atoms with Crippen LogP contribution in [0.5, 0.6) is 0 Å². The highest BCUT2D eigenvalue weighted by atomic mass is 35.5. The third-order valence-electron chi connectivity index (χ3n) is 3.55. The molecule has 0 saturated heterocycles. The van der Waals surface area contributed by atoms with Gasteiger partial charge in [-0.3, -0.25) is 0 Å². The number of urea groups is 1. The molecule has 2 amide bonds. The van der Waals surface area contributed by atoms with Crippen LogP contribution in [0.25, 0.3) is 5.95 Å². The summed E-state index contributed by atoms with van der Waals surface area (Å²) < 4.78 is 15.4. The van der Waals surface area contributed by atoms with Crippen LogP contribution in [0.15, 0.2) is 36.9 Å². The summed E-state index contributed by atoms with van der Waals surface area (Å²) in [6.07, 6.45) is 4.48. The SMILES string of the molecule is Cc1cc(F)c(NC(=O)N[C@@H](C)c2ncnn2-c2ncccn2)cc1Cl. The Kier molecular flexibility index (Phi) is 5.08. The maximum Gasteiger partial charge on any atom is 0.319 e. The number of carbonyl (C=O) groups excluding carboxylic acids is 1. The lowest BCUT2D eigenvalue weighted by molar-refractivity contribution is 0.248. The van der Waals surface area contributed by atoms with Gasteiger partial charge in [-0.05, 0) is 37.6 Å². The van der Waals surface area contributed by atoms with Gasteiger partial charge in [0.1, 0.15) is 12.1 Å².